The number of rotatable bonds is 5. The lowest BCUT2D eigenvalue weighted by Gasteiger charge is -2.22. The standard InChI is InChI=1S/C22H22N4O5S2/c1-13-5-7-16(10-14(13)2)33(28,29)26-9-3-4-17(26)21-24-25-22(32-21)20(27)23-15-6-8-18-19(11-15)31-12-30-18/h5-8,10-11,17H,3-4,9,12H2,1-2H3,(H,23,27)/t17-/m1/s1. The molecule has 1 amide bonds. The molecule has 3 heterocycles. The van der Waals surface area contributed by atoms with E-state index >= 15 is 0 Å². The third-order valence-electron chi connectivity index (χ3n) is 5.84. The van der Waals surface area contributed by atoms with Gasteiger partial charge in [-0.2, -0.15) is 4.31 Å². The molecule has 2 aliphatic rings. The molecule has 172 valence electrons. The number of hydrogen-bond donors (Lipinski definition) is 1. The molecule has 1 aromatic heterocycles. The maximum atomic E-state index is 13.3. The molecular weight excluding hydrogens is 464 g/mol. The largest absolute Gasteiger partial charge is 0.454 e. The molecule has 1 atom stereocenters. The third-order valence-corrected chi connectivity index (χ3v) is 8.77. The number of nitrogens with one attached hydrogen (secondary N) is 1. The van der Waals surface area contributed by atoms with E-state index in [-0.39, 0.29) is 16.7 Å². The van der Waals surface area contributed by atoms with Gasteiger partial charge in [-0.1, -0.05) is 17.4 Å². The number of aryl methyl sites for hydroxylation is 2. The van der Waals surface area contributed by atoms with Crippen LogP contribution in [-0.4, -0.2) is 42.2 Å². The predicted octanol–water partition coefficient (Wildman–Crippen LogP) is 3.66. The molecule has 11 heteroatoms. The molecule has 3 aromatic rings. The van der Waals surface area contributed by atoms with Gasteiger partial charge < -0.3 is 14.8 Å². The van der Waals surface area contributed by atoms with E-state index in [2.05, 4.69) is 15.5 Å². The topological polar surface area (TPSA) is 111 Å². The highest BCUT2D eigenvalue weighted by Crippen LogP contribution is 2.38. The first kappa shape index (κ1) is 21.8. The van der Waals surface area contributed by atoms with Crippen LogP contribution in [0.3, 0.4) is 0 Å². The molecule has 33 heavy (non-hydrogen) atoms. The summed E-state index contributed by atoms with van der Waals surface area (Å²) in [6.07, 6.45) is 1.34. The van der Waals surface area contributed by atoms with Gasteiger partial charge in [-0.05, 0) is 62.1 Å². The van der Waals surface area contributed by atoms with Crippen molar-refractivity contribution in [1.82, 2.24) is 14.5 Å². The summed E-state index contributed by atoms with van der Waals surface area (Å²) in [5.74, 6) is 0.764. The summed E-state index contributed by atoms with van der Waals surface area (Å²) in [6, 6.07) is 9.82. The summed E-state index contributed by atoms with van der Waals surface area (Å²) in [7, 11) is -3.69. The van der Waals surface area contributed by atoms with Crippen LogP contribution < -0.4 is 14.8 Å². The maximum Gasteiger partial charge on any atom is 0.286 e. The quantitative estimate of drug-likeness (QED) is 0.586. The lowest BCUT2D eigenvalue weighted by Crippen LogP contribution is -2.30. The molecule has 2 aromatic carbocycles. The van der Waals surface area contributed by atoms with Crippen LogP contribution in [0.25, 0.3) is 0 Å². The van der Waals surface area contributed by atoms with Gasteiger partial charge in [0.15, 0.2) is 11.5 Å². The van der Waals surface area contributed by atoms with Crippen LogP contribution in [0.1, 0.15) is 44.8 Å². The van der Waals surface area contributed by atoms with Gasteiger partial charge in [0.25, 0.3) is 5.91 Å². The summed E-state index contributed by atoms with van der Waals surface area (Å²) in [5, 5.41) is 11.6. The molecule has 1 saturated heterocycles. The second-order valence-electron chi connectivity index (χ2n) is 7.99. The maximum absolute atomic E-state index is 13.3. The normalized spacial score (nSPS) is 17.9. The molecule has 2 aliphatic heterocycles. The molecular formula is C22H22N4O5S2. The van der Waals surface area contributed by atoms with E-state index < -0.39 is 22.0 Å². The summed E-state index contributed by atoms with van der Waals surface area (Å²) >= 11 is 1.11. The Bertz CT molecular complexity index is 1340. The van der Waals surface area contributed by atoms with Crippen molar-refractivity contribution in [2.45, 2.75) is 37.6 Å². The van der Waals surface area contributed by atoms with Crippen molar-refractivity contribution in [2.75, 3.05) is 18.7 Å². The fourth-order valence-corrected chi connectivity index (χ4v) is 6.60. The first-order valence-electron chi connectivity index (χ1n) is 10.5. The van der Waals surface area contributed by atoms with Gasteiger partial charge >= 0.3 is 0 Å². The van der Waals surface area contributed by atoms with E-state index in [1.165, 1.54) is 4.31 Å². The third kappa shape index (κ3) is 4.07. The zero-order valence-corrected chi connectivity index (χ0v) is 19.7. The number of nitrogens with zero attached hydrogens (tertiary/aromatic N) is 3. The summed E-state index contributed by atoms with van der Waals surface area (Å²) in [5.41, 5.74) is 2.50. The molecule has 9 nitrogen and oxygen atoms in total. The number of carbonyl (C=O) groups excluding carboxylic acids is 1. The van der Waals surface area contributed by atoms with Crippen molar-refractivity contribution in [3.8, 4) is 11.5 Å². The van der Waals surface area contributed by atoms with E-state index in [1.54, 1.807) is 30.3 Å². The minimum atomic E-state index is -3.69. The molecule has 0 bridgehead atoms. The van der Waals surface area contributed by atoms with Gasteiger partial charge in [-0.25, -0.2) is 8.42 Å². The molecule has 0 aliphatic carbocycles. The summed E-state index contributed by atoms with van der Waals surface area (Å²) in [6.45, 7) is 4.39. The second-order valence-corrected chi connectivity index (χ2v) is 10.9. The Labute approximate surface area is 195 Å². The van der Waals surface area contributed by atoms with Gasteiger partial charge in [0.1, 0.15) is 5.01 Å². The number of ether oxygens (including phenoxy) is 2. The fourth-order valence-electron chi connectivity index (χ4n) is 3.90. The zero-order chi connectivity index (χ0) is 23.2. The molecule has 0 spiro atoms. The lowest BCUT2D eigenvalue weighted by atomic mass is 10.1. The van der Waals surface area contributed by atoms with Crippen molar-refractivity contribution in [2.24, 2.45) is 0 Å². The van der Waals surface area contributed by atoms with Crippen molar-refractivity contribution >= 4 is 33.0 Å². The van der Waals surface area contributed by atoms with E-state index in [1.807, 2.05) is 19.9 Å². The SMILES string of the molecule is Cc1ccc(S(=O)(=O)N2CCC[C@@H]2c2nnc(C(=O)Nc3ccc4c(c3)OCO4)s2)cc1C. The highest BCUT2D eigenvalue weighted by Gasteiger charge is 2.38. The van der Waals surface area contributed by atoms with Crippen molar-refractivity contribution < 1.29 is 22.7 Å². The van der Waals surface area contributed by atoms with Crippen LogP contribution in [0, 0.1) is 13.8 Å². The van der Waals surface area contributed by atoms with E-state index in [4.69, 9.17) is 9.47 Å². The average molecular weight is 487 g/mol. The second kappa shape index (κ2) is 8.40. The first-order valence-corrected chi connectivity index (χ1v) is 12.7. The number of aromatic nitrogens is 2. The first-order chi connectivity index (χ1) is 15.8. The van der Waals surface area contributed by atoms with Crippen LogP contribution in [-0.2, 0) is 10.0 Å². The molecule has 1 fully saturated rings. The van der Waals surface area contributed by atoms with Crippen molar-refractivity contribution in [3.05, 3.63) is 57.5 Å². The number of benzene rings is 2. The van der Waals surface area contributed by atoms with E-state index in [0.29, 0.717) is 41.6 Å². The number of sulfonamides is 1. The molecule has 1 N–H and O–H groups in total. The van der Waals surface area contributed by atoms with Crippen LogP contribution in [0.2, 0.25) is 0 Å². The Balaban J connectivity index is 1.35. The minimum absolute atomic E-state index is 0.148. The van der Waals surface area contributed by atoms with Crippen LogP contribution >= 0.6 is 11.3 Å². The number of amides is 1. The van der Waals surface area contributed by atoms with Gasteiger partial charge in [0, 0.05) is 18.3 Å². The van der Waals surface area contributed by atoms with Gasteiger partial charge in [-0.3, -0.25) is 4.79 Å². The minimum Gasteiger partial charge on any atom is -0.454 e. The van der Waals surface area contributed by atoms with Crippen LogP contribution in [0.15, 0.2) is 41.3 Å². The smallest absolute Gasteiger partial charge is 0.286 e. The Morgan fingerprint density at radius 2 is 1.91 bits per heavy atom. The molecule has 5 rings (SSSR count). The number of carbonyl (C=O) groups is 1. The molecule has 0 saturated carbocycles. The summed E-state index contributed by atoms with van der Waals surface area (Å²) < 4.78 is 38.8. The highest BCUT2D eigenvalue weighted by atomic mass is 32.2. The monoisotopic (exact) mass is 486 g/mol. The summed E-state index contributed by atoms with van der Waals surface area (Å²) in [4.78, 5) is 13.0. The Morgan fingerprint density at radius 1 is 1.09 bits per heavy atom. The molecule has 0 radical (unpaired) electrons. The Morgan fingerprint density at radius 3 is 2.73 bits per heavy atom. The van der Waals surface area contributed by atoms with E-state index in [0.717, 1.165) is 22.5 Å². The highest BCUT2D eigenvalue weighted by molar-refractivity contribution is 7.89. The van der Waals surface area contributed by atoms with Gasteiger partial charge in [0.05, 0.1) is 10.9 Å². The van der Waals surface area contributed by atoms with E-state index in [9.17, 15) is 13.2 Å². The Hall–Kier alpha value is -3.02. The van der Waals surface area contributed by atoms with Gasteiger partial charge in [0.2, 0.25) is 21.8 Å². The zero-order valence-electron chi connectivity index (χ0n) is 18.1. The molecule has 0 unspecified atom stereocenters. The van der Waals surface area contributed by atoms with Crippen LogP contribution in [0.4, 0.5) is 5.69 Å². The van der Waals surface area contributed by atoms with Gasteiger partial charge in [-0.15, -0.1) is 10.2 Å². The predicted molar refractivity (Wildman–Crippen MR) is 122 cm³/mol. The number of anilines is 1. The van der Waals surface area contributed by atoms with Crippen molar-refractivity contribution in [1.29, 1.82) is 0 Å². The van der Waals surface area contributed by atoms with Crippen LogP contribution in [0.5, 0.6) is 11.5 Å². The lowest BCUT2D eigenvalue weighted by molar-refractivity contribution is 0.102. The van der Waals surface area contributed by atoms with Crippen molar-refractivity contribution in [3.63, 3.8) is 0 Å². The Kier molecular flexibility index (Phi) is 5.55. The fraction of sp³-hybridized carbons (Fsp3) is 0.318. The number of fused-ring (bicyclic) bond motifs is 1. The number of hydrogen-bond acceptors (Lipinski definition) is 8. The average Bonchev–Trinajstić information content (AvgIpc) is 3.54.